The number of anilines is 1. The maximum absolute atomic E-state index is 5.91. The van der Waals surface area contributed by atoms with Crippen LogP contribution in [0.25, 0.3) is 11.1 Å². The molecule has 1 aliphatic carbocycles. The maximum atomic E-state index is 5.91. The summed E-state index contributed by atoms with van der Waals surface area (Å²) in [7, 11) is 0. The topological polar surface area (TPSA) is 51.0 Å². The summed E-state index contributed by atoms with van der Waals surface area (Å²) >= 11 is 0. The van der Waals surface area contributed by atoms with E-state index in [0.29, 0.717) is 6.01 Å². The van der Waals surface area contributed by atoms with Crippen LogP contribution >= 0.6 is 0 Å². The molecular formula is C22H29N3O. The van der Waals surface area contributed by atoms with E-state index in [1.807, 2.05) is 24.4 Å². The monoisotopic (exact) mass is 351 g/mol. The fourth-order valence-electron chi connectivity index (χ4n) is 3.84. The third-order valence-corrected chi connectivity index (χ3v) is 5.18. The molecule has 0 bridgehead atoms. The molecule has 2 aromatic heterocycles. The first-order valence-electron chi connectivity index (χ1n) is 9.32. The van der Waals surface area contributed by atoms with Crippen LogP contribution in [0.5, 0.6) is 0 Å². The summed E-state index contributed by atoms with van der Waals surface area (Å²) in [5, 5.41) is 3.51. The Morgan fingerprint density at radius 2 is 2.00 bits per heavy atom. The van der Waals surface area contributed by atoms with Gasteiger partial charge in [-0.1, -0.05) is 51.7 Å². The van der Waals surface area contributed by atoms with E-state index in [-0.39, 0.29) is 13.5 Å². The van der Waals surface area contributed by atoms with E-state index >= 15 is 0 Å². The highest BCUT2D eigenvalue weighted by Crippen LogP contribution is 2.33. The molecule has 26 heavy (non-hydrogen) atoms. The van der Waals surface area contributed by atoms with Crippen LogP contribution < -0.4 is 5.32 Å². The van der Waals surface area contributed by atoms with Gasteiger partial charge in [0, 0.05) is 6.20 Å². The second-order valence-corrected chi connectivity index (χ2v) is 7.18. The Hall–Kier alpha value is -2.36. The number of oxazole rings is 1. The number of hydrogen-bond acceptors (Lipinski definition) is 4. The minimum absolute atomic E-state index is 0. The Morgan fingerprint density at radius 1 is 1.15 bits per heavy atom. The van der Waals surface area contributed by atoms with Gasteiger partial charge < -0.3 is 9.73 Å². The SMILES string of the molecule is C.Cc1ccc2oc(NC(CC3CCCCC3)c3ccccn3)nc2c1. The van der Waals surface area contributed by atoms with Gasteiger partial charge >= 0.3 is 0 Å². The molecule has 0 saturated heterocycles. The average Bonchev–Trinajstić information content (AvgIpc) is 3.04. The Bertz CT molecular complexity index is 822. The highest BCUT2D eigenvalue weighted by atomic mass is 16.4. The number of aryl methyl sites for hydroxylation is 1. The fourth-order valence-corrected chi connectivity index (χ4v) is 3.84. The Morgan fingerprint density at radius 3 is 2.77 bits per heavy atom. The summed E-state index contributed by atoms with van der Waals surface area (Å²) in [6.45, 7) is 2.07. The zero-order valence-electron chi connectivity index (χ0n) is 14.7. The molecule has 1 N–H and O–H groups in total. The number of nitrogens with zero attached hydrogens (tertiary/aromatic N) is 2. The smallest absolute Gasteiger partial charge is 0.296 e. The van der Waals surface area contributed by atoms with Crippen molar-refractivity contribution < 1.29 is 4.42 Å². The standard InChI is InChI=1S/C21H25N3O.CH4/c1-15-10-11-20-19(13-15)24-21(25-20)23-18(17-9-5-6-12-22-17)14-16-7-3-2-4-8-16;/h5-6,9-13,16,18H,2-4,7-8,14H2,1H3,(H,23,24);1H4. The first kappa shape index (κ1) is 18.4. The molecule has 0 radical (unpaired) electrons. The molecule has 1 aromatic carbocycles. The first-order valence-corrected chi connectivity index (χ1v) is 9.32. The molecule has 2 heterocycles. The van der Waals surface area contributed by atoms with Crippen LogP contribution in [0.3, 0.4) is 0 Å². The van der Waals surface area contributed by atoms with E-state index in [4.69, 9.17) is 4.42 Å². The van der Waals surface area contributed by atoms with Crippen molar-refractivity contribution in [2.75, 3.05) is 5.32 Å². The van der Waals surface area contributed by atoms with Crippen molar-refractivity contribution in [3.8, 4) is 0 Å². The predicted molar refractivity (Wildman–Crippen MR) is 107 cm³/mol. The van der Waals surface area contributed by atoms with Crippen LogP contribution in [0, 0.1) is 12.8 Å². The second-order valence-electron chi connectivity index (χ2n) is 7.18. The Kier molecular flexibility index (Phi) is 5.92. The quantitative estimate of drug-likeness (QED) is 0.587. The van der Waals surface area contributed by atoms with Crippen LogP contribution in [0.1, 0.15) is 63.3 Å². The molecule has 1 aliphatic rings. The maximum Gasteiger partial charge on any atom is 0.296 e. The molecule has 138 valence electrons. The van der Waals surface area contributed by atoms with E-state index in [2.05, 4.69) is 40.4 Å². The molecule has 4 nitrogen and oxygen atoms in total. The summed E-state index contributed by atoms with van der Waals surface area (Å²) < 4.78 is 5.91. The van der Waals surface area contributed by atoms with Crippen molar-refractivity contribution >= 4 is 17.1 Å². The van der Waals surface area contributed by atoms with Gasteiger partial charge in [-0.15, -0.1) is 0 Å². The normalized spacial score (nSPS) is 16.2. The number of fused-ring (bicyclic) bond motifs is 1. The first-order chi connectivity index (χ1) is 12.3. The summed E-state index contributed by atoms with van der Waals surface area (Å²) in [4.78, 5) is 9.20. The molecule has 3 aromatic rings. The Balaban J connectivity index is 0.00000196. The molecule has 4 heteroatoms. The Labute approximate surface area is 156 Å². The predicted octanol–water partition coefficient (Wildman–Crippen LogP) is 6.29. The molecule has 1 atom stereocenters. The van der Waals surface area contributed by atoms with Gasteiger partial charge in [-0.05, 0) is 49.1 Å². The van der Waals surface area contributed by atoms with E-state index in [9.17, 15) is 0 Å². The van der Waals surface area contributed by atoms with Crippen LogP contribution in [-0.2, 0) is 0 Å². The third-order valence-electron chi connectivity index (χ3n) is 5.18. The second kappa shape index (κ2) is 8.35. The molecule has 0 amide bonds. The number of benzene rings is 1. The van der Waals surface area contributed by atoms with Crippen LogP contribution in [-0.4, -0.2) is 9.97 Å². The third kappa shape index (κ3) is 4.24. The van der Waals surface area contributed by atoms with Gasteiger partial charge in [0.15, 0.2) is 5.58 Å². The van der Waals surface area contributed by atoms with E-state index in [1.54, 1.807) is 0 Å². The van der Waals surface area contributed by atoms with Gasteiger partial charge in [0.25, 0.3) is 6.01 Å². The van der Waals surface area contributed by atoms with E-state index < -0.39 is 0 Å². The summed E-state index contributed by atoms with van der Waals surface area (Å²) in [5.74, 6) is 0.750. The fraction of sp³-hybridized carbons (Fsp3) is 0.455. The van der Waals surface area contributed by atoms with Gasteiger partial charge in [-0.2, -0.15) is 4.98 Å². The zero-order chi connectivity index (χ0) is 17.1. The van der Waals surface area contributed by atoms with Gasteiger partial charge in [-0.3, -0.25) is 4.98 Å². The van der Waals surface area contributed by atoms with Crippen molar-refractivity contribution in [2.24, 2.45) is 5.92 Å². The highest BCUT2D eigenvalue weighted by molar-refractivity contribution is 5.75. The van der Waals surface area contributed by atoms with Crippen LogP contribution in [0.4, 0.5) is 6.01 Å². The van der Waals surface area contributed by atoms with Crippen LogP contribution in [0.2, 0.25) is 0 Å². The number of nitrogens with one attached hydrogen (secondary N) is 1. The van der Waals surface area contributed by atoms with Crippen molar-refractivity contribution in [2.45, 2.75) is 58.9 Å². The molecule has 0 aliphatic heterocycles. The average molecular weight is 351 g/mol. The van der Waals surface area contributed by atoms with Crippen molar-refractivity contribution in [1.82, 2.24) is 9.97 Å². The number of aromatic nitrogens is 2. The highest BCUT2D eigenvalue weighted by Gasteiger charge is 2.22. The molecule has 0 spiro atoms. The van der Waals surface area contributed by atoms with Gasteiger partial charge in [0.1, 0.15) is 5.52 Å². The number of rotatable bonds is 5. The number of hydrogen-bond donors (Lipinski definition) is 1. The lowest BCUT2D eigenvalue weighted by Crippen LogP contribution is -2.18. The molecule has 1 unspecified atom stereocenters. The number of pyridine rings is 1. The zero-order valence-corrected chi connectivity index (χ0v) is 14.7. The summed E-state index contributed by atoms with van der Waals surface area (Å²) in [6, 6.07) is 12.9. The lowest BCUT2D eigenvalue weighted by molar-refractivity contribution is 0.322. The molecular weight excluding hydrogens is 322 g/mol. The summed E-state index contributed by atoms with van der Waals surface area (Å²) in [5.41, 5.74) is 3.98. The minimum atomic E-state index is 0. The van der Waals surface area contributed by atoms with Crippen molar-refractivity contribution in [3.05, 3.63) is 53.9 Å². The van der Waals surface area contributed by atoms with Gasteiger partial charge in [0.2, 0.25) is 0 Å². The molecule has 1 saturated carbocycles. The molecule has 1 fully saturated rings. The van der Waals surface area contributed by atoms with Crippen LogP contribution in [0.15, 0.2) is 47.0 Å². The van der Waals surface area contributed by atoms with Crippen molar-refractivity contribution in [3.63, 3.8) is 0 Å². The van der Waals surface area contributed by atoms with Gasteiger partial charge in [-0.25, -0.2) is 0 Å². The van der Waals surface area contributed by atoms with Gasteiger partial charge in [0.05, 0.1) is 11.7 Å². The summed E-state index contributed by atoms with van der Waals surface area (Å²) in [6.07, 6.45) is 9.65. The largest absolute Gasteiger partial charge is 0.424 e. The van der Waals surface area contributed by atoms with E-state index in [0.717, 1.165) is 29.1 Å². The lowest BCUT2D eigenvalue weighted by atomic mass is 9.84. The van der Waals surface area contributed by atoms with E-state index in [1.165, 1.54) is 37.7 Å². The molecule has 4 rings (SSSR count). The lowest BCUT2D eigenvalue weighted by Gasteiger charge is -2.26. The van der Waals surface area contributed by atoms with Crippen molar-refractivity contribution in [1.29, 1.82) is 0 Å². The minimum Gasteiger partial charge on any atom is -0.424 e.